The van der Waals surface area contributed by atoms with Crippen molar-refractivity contribution in [1.82, 2.24) is 25.1 Å². The number of pyridine rings is 3. The average Bonchev–Trinajstić information content (AvgIpc) is 3.38. The molecule has 0 aromatic carbocycles. The molecule has 0 aliphatic heterocycles. The lowest BCUT2D eigenvalue weighted by Gasteiger charge is -2.08. The second kappa shape index (κ2) is 7.83. The molecule has 0 spiro atoms. The standard InChI is InChI=1S/C23H18N6O2/c1-14-16(13-31-29-14)12-20(30)28-19-11-15(7-10-25-19)22-21(17-5-2-3-8-24-17)23-18(27-22)6-4-9-26-23/h2-11,13,27H,12H2,1H3,(H,25,28,30). The Kier molecular flexibility index (Phi) is 4.72. The molecular formula is C23H18N6O2. The number of aromatic amines is 1. The van der Waals surface area contributed by atoms with Gasteiger partial charge in [0.2, 0.25) is 5.91 Å². The molecule has 1 amide bonds. The van der Waals surface area contributed by atoms with Crippen LogP contribution in [-0.2, 0) is 11.2 Å². The lowest BCUT2D eigenvalue weighted by molar-refractivity contribution is -0.115. The Morgan fingerprint density at radius 2 is 1.97 bits per heavy atom. The fraction of sp³-hybridized carbons (Fsp3) is 0.0870. The van der Waals surface area contributed by atoms with Gasteiger partial charge in [0, 0.05) is 29.7 Å². The molecule has 5 aromatic heterocycles. The molecule has 8 nitrogen and oxygen atoms in total. The number of carbonyl (C=O) groups excluding carboxylic acids is 1. The van der Waals surface area contributed by atoms with Crippen molar-refractivity contribution in [2.75, 3.05) is 5.32 Å². The number of anilines is 1. The second-order valence-corrected chi connectivity index (χ2v) is 7.07. The molecule has 0 aliphatic rings. The van der Waals surface area contributed by atoms with Crippen LogP contribution in [0.15, 0.2) is 71.8 Å². The van der Waals surface area contributed by atoms with Gasteiger partial charge in [0.05, 0.1) is 40.1 Å². The van der Waals surface area contributed by atoms with Gasteiger partial charge in [-0.15, -0.1) is 0 Å². The number of hydrogen-bond acceptors (Lipinski definition) is 6. The summed E-state index contributed by atoms with van der Waals surface area (Å²) in [6, 6.07) is 13.3. The van der Waals surface area contributed by atoms with E-state index in [1.165, 1.54) is 6.26 Å². The van der Waals surface area contributed by atoms with E-state index in [-0.39, 0.29) is 12.3 Å². The van der Waals surface area contributed by atoms with Crippen LogP contribution in [0.3, 0.4) is 0 Å². The molecule has 0 atom stereocenters. The van der Waals surface area contributed by atoms with E-state index in [1.807, 2.05) is 42.5 Å². The first-order valence-corrected chi connectivity index (χ1v) is 9.73. The van der Waals surface area contributed by atoms with Crippen molar-refractivity contribution in [3.8, 4) is 22.5 Å². The molecule has 5 aromatic rings. The lowest BCUT2D eigenvalue weighted by atomic mass is 10.0. The van der Waals surface area contributed by atoms with Gasteiger partial charge in [-0.3, -0.25) is 14.8 Å². The smallest absolute Gasteiger partial charge is 0.230 e. The van der Waals surface area contributed by atoms with Gasteiger partial charge < -0.3 is 14.8 Å². The Hall–Kier alpha value is -4.33. The number of fused-ring (bicyclic) bond motifs is 1. The maximum atomic E-state index is 12.5. The molecule has 0 fully saturated rings. The van der Waals surface area contributed by atoms with Crippen LogP contribution < -0.4 is 5.32 Å². The van der Waals surface area contributed by atoms with E-state index in [0.29, 0.717) is 11.5 Å². The zero-order valence-electron chi connectivity index (χ0n) is 16.7. The Labute approximate surface area is 177 Å². The quantitative estimate of drug-likeness (QED) is 0.450. The highest BCUT2D eigenvalue weighted by Gasteiger charge is 2.18. The number of hydrogen-bond donors (Lipinski definition) is 2. The topological polar surface area (TPSA) is 110 Å². The number of rotatable bonds is 5. The maximum Gasteiger partial charge on any atom is 0.230 e. The van der Waals surface area contributed by atoms with E-state index in [9.17, 15) is 4.79 Å². The zero-order valence-corrected chi connectivity index (χ0v) is 16.7. The molecule has 0 unspecified atom stereocenters. The molecule has 0 radical (unpaired) electrons. The van der Waals surface area contributed by atoms with E-state index < -0.39 is 0 Å². The number of aromatic nitrogens is 5. The normalized spacial score (nSPS) is 11.0. The summed E-state index contributed by atoms with van der Waals surface area (Å²) in [6.07, 6.45) is 6.83. The van der Waals surface area contributed by atoms with Gasteiger partial charge in [0.25, 0.3) is 0 Å². The summed E-state index contributed by atoms with van der Waals surface area (Å²) in [5.74, 6) is 0.259. The van der Waals surface area contributed by atoms with Crippen molar-refractivity contribution in [2.45, 2.75) is 13.3 Å². The number of nitrogens with one attached hydrogen (secondary N) is 2. The molecule has 0 aliphatic carbocycles. The van der Waals surface area contributed by atoms with Crippen LogP contribution in [-0.4, -0.2) is 31.0 Å². The largest absolute Gasteiger partial charge is 0.364 e. The summed E-state index contributed by atoms with van der Waals surface area (Å²) >= 11 is 0. The summed E-state index contributed by atoms with van der Waals surface area (Å²) in [5.41, 5.74) is 6.62. The minimum Gasteiger partial charge on any atom is -0.364 e. The summed E-state index contributed by atoms with van der Waals surface area (Å²) in [5, 5.41) is 6.65. The molecule has 5 heterocycles. The molecule has 152 valence electrons. The average molecular weight is 410 g/mol. The van der Waals surface area contributed by atoms with Crippen molar-refractivity contribution in [1.29, 1.82) is 0 Å². The van der Waals surface area contributed by atoms with Crippen molar-refractivity contribution >= 4 is 22.8 Å². The van der Waals surface area contributed by atoms with Gasteiger partial charge in [0.1, 0.15) is 12.1 Å². The second-order valence-electron chi connectivity index (χ2n) is 7.07. The summed E-state index contributed by atoms with van der Waals surface area (Å²) in [7, 11) is 0. The van der Waals surface area contributed by atoms with E-state index in [1.54, 1.807) is 25.5 Å². The number of amides is 1. The van der Waals surface area contributed by atoms with Crippen molar-refractivity contribution in [2.24, 2.45) is 0 Å². The highest BCUT2D eigenvalue weighted by molar-refractivity contribution is 6.01. The van der Waals surface area contributed by atoms with Crippen LogP contribution in [0.1, 0.15) is 11.3 Å². The Bertz CT molecular complexity index is 1370. The van der Waals surface area contributed by atoms with Gasteiger partial charge in [-0.1, -0.05) is 11.2 Å². The van der Waals surface area contributed by atoms with Gasteiger partial charge >= 0.3 is 0 Å². The summed E-state index contributed by atoms with van der Waals surface area (Å²) in [6.45, 7) is 1.80. The monoisotopic (exact) mass is 410 g/mol. The zero-order chi connectivity index (χ0) is 21.2. The van der Waals surface area contributed by atoms with Crippen LogP contribution in [0.4, 0.5) is 5.82 Å². The van der Waals surface area contributed by atoms with Gasteiger partial charge in [-0.05, 0) is 43.3 Å². The fourth-order valence-corrected chi connectivity index (χ4v) is 3.49. The molecule has 8 heteroatoms. The molecule has 0 saturated carbocycles. The fourth-order valence-electron chi connectivity index (χ4n) is 3.49. The molecule has 0 bridgehead atoms. The summed E-state index contributed by atoms with van der Waals surface area (Å²) < 4.78 is 4.90. The SMILES string of the molecule is Cc1nocc1CC(=O)Nc1cc(-c2[nH]c3cccnc3c2-c2ccccn2)ccn1. The minimum absolute atomic E-state index is 0.163. The number of H-pyrrole nitrogens is 1. The third-order valence-electron chi connectivity index (χ3n) is 4.99. The maximum absolute atomic E-state index is 12.5. The van der Waals surface area contributed by atoms with Crippen molar-refractivity contribution < 1.29 is 9.32 Å². The van der Waals surface area contributed by atoms with Gasteiger partial charge in [0.15, 0.2) is 0 Å². The van der Waals surface area contributed by atoms with Gasteiger partial charge in [-0.25, -0.2) is 4.98 Å². The third kappa shape index (κ3) is 3.66. The van der Waals surface area contributed by atoms with Crippen molar-refractivity contribution in [3.05, 3.63) is 78.6 Å². The first-order chi connectivity index (χ1) is 15.2. The van der Waals surface area contributed by atoms with Crippen LogP contribution in [0.5, 0.6) is 0 Å². The van der Waals surface area contributed by atoms with Gasteiger partial charge in [-0.2, -0.15) is 0 Å². The number of aryl methyl sites for hydroxylation is 1. The van der Waals surface area contributed by atoms with E-state index >= 15 is 0 Å². The van der Waals surface area contributed by atoms with Crippen LogP contribution >= 0.6 is 0 Å². The predicted octanol–water partition coefficient (Wildman–Crippen LogP) is 4.16. The molecule has 5 rings (SSSR count). The molecular weight excluding hydrogens is 392 g/mol. The highest BCUT2D eigenvalue weighted by Crippen LogP contribution is 2.36. The molecule has 31 heavy (non-hydrogen) atoms. The first kappa shape index (κ1) is 18.7. The highest BCUT2D eigenvalue weighted by atomic mass is 16.5. The van der Waals surface area contributed by atoms with Crippen LogP contribution in [0, 0.1) is 6.92 Å². The Morgan fingerprint density at radius 1 is 1.06 bits per heavy atom. The van der Waals surface area contributed by atoms with Crippen LogP contribution in [0.25, 0.3) is 33.5 Å². The molecule has 0 saturated heterocycles. The Morgan fingerprint density at radius 3 is 2.77 bits per heavy atom. The lowest BCUT2D eigenvalue weighted by Crippen LogP contribution is -2.15. The van der Waals surface area contributed by atoms with E-state index in [2.05, 4.69) is 30.4 Å². The van der Waals surface area contributed by atoms with Crippen molar-refractivity contribution in [3.63, 3.8) is 0 Å². The van der Waals surface area contributed by atoms with E-state index in [0.717, 1.165) is 39.1 Å². The van der Waals surface area contributed by atoms with E-state index in [4.69, 9.17) is 4.52 Å². The first-order valence-electron chi connectivity index (χ1n) is 9.73. The minimum atomic E-state index is -0.195. The number of carbonyl (C=O) groups is 1. The molecule has 2 N–H and O–H groups in total. The predicted molar refractivity (Wildman–Crippen MR) is 116 cm³/mol. The third-order valence-corrected chi connectivity index (χ3v) is 4.99. The Balaban J connectivity index is 1.51. The summed E-state index contributed by atoms with van der Waals surface area (Å²) in [4.78, 5) is 29.3. The number of nitrogens with zero attached hydrogens (tertiary/aromatic N) is 4. The van der Waals surface area contributed by atoms with Crippen LogP contribution in [0.2, 0.25) is 0 Å².